The van der Waals surface area contributed by atoms with Gasteiger partial charge in [0.25, 0.3) is 0 Å². The number of benzene rings is 1. The van der Waals surface area contributed by atoms with Crippen LogP contribution in [0.15, 0.2) is 47.5 Å². The van der Waals surface area contributed by atoms with Crippen LogP contribution in [0, 0.1) is 6.92 Å². The van der Waals surface area contributed by atoms with Crippen molar-refractivity contribution in [2.45, 2.75) is 24.8 Å². The second-order valence-corrected chi connectivity index (χ2v) is 9.40. The van der Waals surface area contributed by atoms with Crippen molar-refractivity contribution in [1.82, 2.24) is 14.2 Å². The lowest BCUT2D eigenvalue weighted by Gasteiger charge is -2.38. The first-order valence-electron chi connectivity index (χ1n) is 9.23. The van der Waals surface area contributed by atoms with E-state index in [4.69, 9.17) is 0 Å². The molecule has 1 aliphatic rings. The SMILES string of the molecule is Cc1ccnc(N2CCN([C@H](C)c3ccc(S(=O)(=O)N(C)C)cc3)CC2)c1. The summed E-state index contributed by atoms with van der Waals surface area (Å²) in [5, 5.41) is 0. The molecule has 0 bridgehead atoms. The Labute approximate surface area is 162 Å². The van der Waals surface area contributed by atoms with Gasteiger partial charge >= 0.3 is 0 Å². The van der Waals surface area contributed by atoms with E-state index in [2.05, 4.69) is 34.7 Å². The van der Waals surface area contributed by atoms with Gasteiger partial charge in [-0.25, -0.2) is 17.7 Å². The lowest BCUT2D eigenvalue weighted by atomic mass is 10.1. The molecule has 2 aromatic rings. The van der Waals surface area contributed by atoms with Crippen molar-refractivity contribution >= 4 is 15.8 Å². The molecule has 0 saturated carbocycles. The Balaban J connectivity index is 1.65. The van der Waals surface area contributed by atoms with Gasteiger partial charge in [-0.2, -0.15) is 0 Å². The van der Waals surface area contributed by atoms with Crippen LogP contribution in [0.5, 0.6) is 0 Å². The smallest absolute Gasteiger partial charge is 0.242 e. The molecule has 2 heterocycles. The van der Waals surface area contributed by atoms with Gasteiger partial charge in [-0.05, 0) is 49.2 Å². The van der Waals surface area contributed by atoms with Crippen LogP contribution in [0.3, 0.4) is 0 Å². The molecule has 1 fully saturated rings. The summed E-state index contributed by atoms with van der Waals surface area (Å²) in [7, 11) is -0.280. The maximum atomic E-state index is 12.2. The predicted octanol–water partition coefficient (Wildman–Crippen LogP) is 2.52. The van der Waals surface area contributed by atoms with Gasteiger partial charge in [0.05, 0.1) is 4.90 Å². The highest BCUT2D eigenvalue weighted by molar-refractivity contribution is 7.89. The van der Waals surface area contributed by atoms with Gasteiger partial charge in [-0.15, -0.1) is 0 Å². The van der Waals surface area contributed by atoms with E-state index in [9.17, 15) is 8.42 Å². The Bertz CT molecular complexity index is 873. The van der Waals surface area contributed by atoms with Crippen LogP contribution in [0.25, 0.3) is 0 Å². The minimum Gasteiger partial charge on any atom is -0.354 e. The molecule has 0 spiro atoms. The van der Waals surface area contributed by atoms with Gasteiger partial charge in [0.15, 0.2) is 0 Å². The number of pyridine rings is 1. The molecule has 6 nitrogen and oxygen atoms in total. The van der Waals surface area contributed by atoms with E-state index in [-0.39, 0.29) is 6.04 Å². The van der Waals surface area contributed by atoms with Crippen molar-refractivity contribution in [3.8, 4) is 0 Å². The Morgan fingerprint density at radius 2 is 1.67 bits per heavy atom. The summed E-state index contributed by atoms with van der Waals surface area (Å²) >= 11 is 0. The molecule has 0 amide bonds. The lowest BCUT2D eigenvalue weighted by molar-refractivity contribution is 0.198. The summed E-state index contributed by atoms with van der Waals surface area (Å²) in [6.45, 7) is 8.05. The Kier molecular flexibility index (Phi) is 5.83. The number of nitrogens with zero attached hydrogens (tertiary/aromatic N) is 4. The highest BCUT2D eigenvalue weighted by atomic mass is 32.2. The molecule has 1 aromatic carbocycles. The fourth-order valence-corrected chi connectivity index (χ4v) is 4.27. The quantitative estimate of drug-likeness (QED) is 0.788. The minimum atomic E-state index is -3.38. The summed E-state index contributed by atoms with van der Waals surface area (Å²) in [4.78, 5) is 9.57. The number of hydrogen-bond acceptors (Lipinski definition) is 5. The van der Waals surface area contributed by atoms with E-state index in [1.807, 2.05) is 24.4 Å². The van der Waals surface area contributed by atoms with Crippen molar-refractivity contribution in [2.75, 3.05) is 45.2 Å². The molecular formula is C20H28N4O2S. The van der Waals surface area contributed by atoms with Crippen molar-refractivity contribution in [2.24, 2.45) is 0 Å². The zero-order chi connectivity index (χ0) is 19.6. The van der Waals surface area contributed by atoms with Crippen molar-refractivity contribution in [3.63, 3.8) is 0 Å². The van der Waals surface area contributed by atoms with Gasteiger partial charge < -0.3 is 4.90 Å². The van der Waals surface area contributed by atoms with Gasteiger partial charge in [-0.1, -0.05) is 12.1 Å². The number of aromatic nitrogens is 1. The fraction of sp³-hybridized carbons (Fsp3) is 0.450. The number of aryl methyl sites for hydroxylation is 1. The molecule has 0 unspecified atom stereocenters. The molecular weight excluding hydrogens is 360 g/mol. The van der Waals surface area contributed by atoms with Crippen LogP contribution >= 0.6 is 0 Å². The van der Waals surface area contributed by atoms with Crippen LogP contribution in [0.1, 0.15) is 24.1 Å². The van der Waals surface area contributed by atoms with Gasteiger partial charge in [-0.3, -0.25) is 4.90 Å². The van der Waals surface area contributed by atoms with E-state index in [0.717, 1.165) is 37.6 Å². The lowest BCUT2D eigenvalue weighted by Crippen LogP contribution is -2.47. The van der Waals surface area contributed by atoms with Gasteiger partial charge in [0.2, 0.25) is 10.0 Å². The number of rotatable bonds is 5. The topological polar surface area (TPSA) is 56.8 Å². The Morgan fingerprint density at radius 3 is 2.22 bits per heavy atom. The maximum Gasteiger partial charge on any atom is 0.242 e. The zero-order valence-corrected chi connectivity index (χ0v) is 17.3. The van der Waals surface area contributed by atoms with E-state index in [0.29, 0.717) is 4.90 Å². The standard InChI is InChI=1S/C20H28N4O2S/c1-16-9-10-21-20(15-16)24-13-11-23(12-14-24)17(2)18-5-7-19(8-6-18)27(25,26)22(3)4/h5-10,15,17H,11-14H2,1-4H3/t17-/m1/s1. The Morgan fingerprint density at radius 1 is 1.04 bits per heavy atom. The molecule has 1 atom stereocenters. The predicted molar refractivity (Wildman–Crippen MR) is 108 cm³/mol. The maximum absolute atomic E-state index is 12.2. The molecule has 1 saturated heterocycles. The number of sulfonamides is 1. The van der Waals surface area contributed by atoms with Crippen LogP contribution in [-0.4, -0.2) is 62.9 Å². The molecule has 0 radical (unpaired) electrons. The molecule has 0 N–H and O–H groups in total. The first-order valence-corrected chi connectivity index (χ1v) is 10.7. The Hall–Kier alpha value is -1.96. The fourth-order valence-electron chi connectivity index (χ4n) is 3.37. The molecule has 0 aliphatic carbocycles. The third-order valence-corrected chi connectivity index (χ3v) is 7.06. The normalized spacial score (nSPS) is 17.3. The average molecular weight is 389 g/mol. The first-order chi connectivity index (χ1) is 12.8. The summed E-state index contributed by atoms with van der Waals surface area (Å²) in [6, 6.07) is 11.6. The number of piperazine rings is 1. The molecule has 27 heavy (non-hydrogen) atoms. The summed E-state index contributed by atoms with van der Waals surface area (Å²) in [6.07, 6.45) is 1.86. The average Bonchev–Trinajstić information content (AvgIpc) is 2.67. The van der Waals surface area contributed by atoms with Gasteiger partial charge in [0.1, 0.15) is 5.82 Å². The number of hydrogen-bond donors (Lipinski definition) is 0. The molecule has 1 aromatic heterocycles. The molecule has 7 heteroatoms. The second-order valence-electron chi connectivity index (χ2n) is 7.25. The van der Waals surface area contributed by atoms with Crippen LogP contribution in [-0.2, 0) is 10.0 Å². The third kappa shape index (κ3) is 4.31. The molecule has 3 rings (SSSR count). The highest BCUT2D eigenvalue weighted by Gasteiger charge is 2.23. The van der Waals surface area contributed by atoms with E-state index in [1.54, 1.807) is 26.2 Å². The summed E-state index contributed by atoms with van der Waals surface area (Å²) in [5.74, 6) is 1.04. The summed E-state index contributed by atoms with van der Waals surface area (Å²) in [5.41, 5.74) is 2.36. The summed E-state index contributed by atoms with van der Waals surface area (Å²) < 4.78 is 25.7. The molecule has 1 aliphatic heterocycles. The van der Waals surface area contributed by atoms with E-state index in [1.165, 1.54) is 9.87 Å². The monoisotopic (exact) mass is 388 g/mol. The van der Waals surface area contributed by atoms with Crippen molar-refractivity contribution in [1.29, 1.82) is 0 Å². The van der Waals surface area contributed by atoms with Crippen LogP contribution < -0.4 is 4.90 Å². The van der Waals surface area contributed by atoms with Crippen molar-refractivity contribution in [3.05, 3.63) is 53.7 Å². The largest absolute Gasteiger partial charge is 0.354 e. The van der Waals surface area contributed by atoms with Crippen LogP contribution in [0.2, 0.25) is 0 Å². The van der Waals surface area contributed by atoms with Gasteiger partial charge in [0, 0.05) is 52.5 Å². The first kappa shape index (κ1) is 19.8. The highest BCUT2D eigenvalue weighted by Crippen LogP contribution is 2.25. The number of anilines is 1. The third-order valence-electron chi connectivity index (χ3n) is 5.23. The van der Waals surface area contributed by atoms with E-state index < -0.39 is 10.0 Å². The van der Waals surface area contributed by atoms with Crippen LogP contribution in [0.4, 0.5) is 5.82 Å². The van der Waals surface area contributed by atoms with E-state index >= 15 is 0 Å². The zero-order valence-electron chi connectivity index (χ0n) is 16.5. The molecule has 146 valence electrons. The second kappa shape index (κ2) is 7.96. The van der Waals surface area contributed by atoms with Crippen molar-refractivity contribution < 1.29 is 8.42 Å². The minimum absolute atomic E-state index is 0.244.